The number of para-hydroxylation sites is 1. The average molecular weight is 425 g/mol. The highest BCUT2D eigenvalue weighted by molar-refractivity contribution is 7.12. The van der Waals surface area contributed by atoms with Gasteiger partial charge in [-0.3, -0.25) is 9.59 Å². The molecular weight excluding hydrogens is 404 g/mol. The van der Waals surface area contributed by atoms with E-state index in [2.05, 4.69) is 11.4 Å². The largest absolute Gasteiger partial charge is 0.321 e. The van der Waals surface area contributed by atoms with Gasteiger partial charge in [-0.05, 0) is 59.3 Å². The highest BCUT2D eigenvalue weighted by Crippen LogP contribution is 2.30. The molecule has 5 heteroatoms. The zero-order valence-electron chi connectivity index (χ0n) is 16.7. The van der Waals surface area contributed by atoms with Crippen LogP contribution in [0.15, 0.2) is 90.3 Å². The second-order valence-electron chi connectivity index (χ2n) is 7.40. The van der Waals surface area contributed by atoms with E-state index in [4.69, 9.17) is 0 Å². The third-order valence-electron chi connectivity index (χ3n) is 5.48. The number of carbonyl (C=O) groups is 2. The molecule has 0 aliphatic carbocycles. The van der Waals surface area contributed by atoms with Crippen LogP contribution >= 0.6 is 11.3 Å². The van der Waals surface area contributed by atoms with E-state index in [1.54, 1.807) is 24.3 Å². The molecule has 4 aromatic rings. The maximum atomic E-state index is 13.0. The fraction of sp³-hybridized carbons (Fsp3) is 0.0769. The normalized spacial score (nSPS) is 12.5. The summed E-state index contributed by atoms with van der Waals surface area (Å²) in [6.07, 6.45) is 0.876. The van der Waals surface area contributed by atoms with Crippen molar-refractivity contribution < 1.29 is 9.59 Å². The van der Waals surface area contributed by atoms with Gasteiger partial charge in [0.25, 0.3) is 11.8 Å². The third-order valence-corrected chi connectivity index (χ3v) is 6.39. The fourth-order valence-electron chi connectivity index (χ4n) is 3.92. The number of fused-ring (bicyclic) bond motifs is 1. The second-order valence-corrected chi connectivity index (χ2v) is 8.31. The Kier molecular flexibility index (Phi) is 5.10. The van der Waals surface area contributed by atoms with Crippen LogP contribution in [0.2, 0.25) is 0 Å². The van der Waals surface area contributed by atoms with Gasteiger partial charge in [0.1, 0.15) is 0 Å². The SMILES string of the molecule is O=C(Nc1ccc(C(=O)N2CCc3ccccc32)cc1)c1sccc1-c1ccccc1. The molecule has 31 heavy (non-hydrogen) atoms. The number of thiophene rings is 1. The van der Waals surface area contributed by atoms with E-state index in [-0.39, 0.29) is 11.8 Å². The van der Waals surface area contributed by atoms with Gasteiger partial charge in [0.15, 0.2) is 0 Å². The van der Waals surface area contributed by atoms with Gasteiger partial charge in [-0.15, -0.1) is 11.3 Å². The Morgan fingerprint density at radius 3 is 2.39 bits per heavy atom. The van der Waals surface area contributed by atoms with Gasteiger partial charge in [-0.2, -0.15) is 0 Å². The molecule has 1 aliphatic heterocycles. The van der Waals surface area contributed by atoms with Crippen LogP contribution in [0.5, 0.6) is 0 Å². The van der Waals surface area contributed by atoms with E-state index in [0.29, 0.717) is 22.7 Å². The lowest BCUT2D eigenvalue weighted by Gasteiger charge is -2.17. The lowest BCUT2D eigenvalue weighted by molar-refractivity contribution is 0.0988. The molecule has 3 aromatic carbocycles. The standard InChI is InChI=1S/C26H20N2O2S/c29-25(24-22(15-17-31-24)18-6-2-1-3-7-18)27-21-12-10-20(11-13-21)26(30)28-16-14-19-8-4-5-9-23(19)28/h1-13,15,17H,14,16H2,(H,27,29). The van der Waals surface area contributed by atoms with Gasteiger partial charge >= 0.3 is 0 Å². The van der Waals surface area contributed by atoms with Crippen LogP contribution in [0.3, 0.4) is 0 Å². The Morgan fingerprint density at radius 1 is 0.839 bits per heavy atom. The van der Waals surface area contributed by atoms with E-state index in [1.807, 2.05) is 64.9 Å². The molecule has 2 amide bonds. The fourth-order valence-corrected chi connectivity index (χ4v) is 4.73. The van der Waals surface area contributed by atoms with E-state index in [0.717, 1.165) is 23.2 Å². The van der Waals surface area contributed by atoms with E-state index >= 15 is 0 Å². The van der Waals surface area contributed by atoms with Crippen molar-refractivity contribution in [1.29, 1.82) is 0 Å². The van der Waals surface area contributed by atoms with E-state index < -0.39 is 0 Å². The topological polar surface area (TPSA) is 49.4 Å². The zero-order valence-corrected chi connectivity index (χ0v) is 17.6. The molecule has 0 saturated heterocycles. The zero-order chi connectivity index (χ0) is 21.2. The number of nitrogens with zero attached hydrogens (tertiary/aromatic N) is 1. The average Bonchev–Trinajstić information content (AvgIpc) is 3.47. The van der Waals surface area contributed by atoms with Crippen LogP contribution in [0.25, 0.3) is 11.1 Å². The summed E-state index contributed by atoms with van der Waals surface area (Å²) in [7, 11) is 0. The maximum Gasteiger partial charge on any atom is 0.266 e. The van der Waals surface area contributed by atoms with Crippen molar-refractivity contribution in [2.75, 3.05) is 16.8 Å². The summed E-state index contributed by atoms with van der Waals surface area (Å²) >= 11 is 1.42. The first kappa shape index (κ1) is 19.3. The van der Waals surface area contributed by atoms with Gasteiger partial charge in [0, 0.05) is 29.0 Å². The summed E-state index contributed by atoms with van der Waals surface area (Å²) in [5.74, 6) is -0.172. The summed E-state index contributed by atoms with van der Waals surface area (Å²) < 4.78 is 0. The summed E-state index contributed by atoms with van der Waals surface area (Å²) in [6.45, 7) is 0.692. The Hall–Kier alpha value is -3.70. The van der Waals surface area contributed by atoms with Crippen LogP contribution in [0, 0.1) is 0 Å². The monoisotopic (exact) mass is 424 g/mol. The maximum absolute atomic E-state index is 13.0. The molecule has 5 rings (SSSR count). The lowest BCUT2D eigenvalue weighted by atomic mass is 10.1. The highest BCUT2D eigenvalue weighted by Gasteiger charge is 2.25. The Labute approximate surface area is 184 Å². The number of amides is 2. The van der Waals surface area contributed by atoms with Crippen molar-refractivity contribution in [2.45, 2.75) is 6.42 Å². The van der Waals surface area contributed by atoms with Crippen molar-refractivity contribution >= 4 is 34.5 Å². The molecule has 152 valence electrons. The van der Waals surface area contributed by atoms with Crippen LogP contribution in [-0.4, -0.2) is 18.4 Å². The van der Waals surface area contributed by atoms with Crippen molar-refractivity contribution in [2.24, 2.45) is 0 Å². The molecule has 0 fully saturated rings. The van der Waals surface area contributed by atoms with Crippen LogP contribution in [0.4, 0.5) is 11.4 Å². The third kappa shape index (κ3) is 3.76. The van der Waals surface area contributed by atoms with Crippen molar-refractivity contribution in [1.82, 2.24) is 0 Å². The van der Waals surface area contributed by atoms with Crippen LogP contribution in [0.1, 0.15) is 25.6 Å². The number of benzene rings is 3. The second kappa shape index (κ2) is 8.20. The van der Waals surface area contributed by atoms with Gasteiger partial charge in [-0.1, -0.05) is 48.5 Å². The molecular formula is C26H20N2O2S. The highest BCUT2D eigenvalue weighted by atomic mass is 32.1. The lowest BCUT2D eigenvalue weighted by Crippen LogP contribution is -2.28. The molecule has 4 nitrogen and oxygen atoms in total. The summed E-state index contributed by atoms with van der Waals surface area (Å²) in [6, 6.07) is 26.9. The number of hydrogen-bond acceptors (Lipinski definition) is 3. The molecule has 2 heterocycles. The van der Waals surface area contributed by atoms with Crippen molar-refractivity contribution in [3.05, 3.63) is 106 Å². The number of rotatable bonds is 4. The number of carbonyl (C=O) groups excluding carboxylic acids is 2. The molecule has 1 aliphatic rings. The van der Waals surface area contributed by atoms with Gasteiger partial charge in [0.2, 0.25) is 0 Å². The first-order chi connectivity index (χ1) is 15.2. The molecule has 0 bridgehead atoms. The first-order valence-electron chi connectivity index (χ1n) is 10.1. The van der Waals surface area contributed by atoms with Crippen molar-refractivity contribution in [3.63, 3.8) is 0 Å². The Morgan fingerprint density at radius 2 is 1.58 bits per heavy atom. The summed E-state index contributed by atoms with van der Waals surface area (Å²) in [4.78, 5) is 28.3. The number of anilines is 2. The minimum Gasteiger partial charge on any atom is -0.321 e. The first-order valence-corrected chi connectivity index (χ1v) is 11.0. The van der Waals surface area contributed by atoms with Gasteiger partial charge in [-0.25, -0.2) is 0 Å². The Balaban J connectivity index is 1.31. The molecule has 0 spiro atoms. The predicted octanol–water partition coefficient (Wildman–Crippen LogP) is 5.87. The summed E-state index contributed by atoms with van der Waals surface area (Å²) in [5, 5.41) is 4.88. The summed E-state index contributed by atoms with van der Waals surface area (Å²) in [5.41, 5.74) is 5.39. The van der Waals surface area contributed by atoms with Crippen LogP contribution in [-0.2, 0) is 6.42 Å². The molecule has 1 N–H and O–H groups in total. The minimum absolute atomic E-state index is 0.0209. The number of hydrogen-bond donors (Lipinski definition) is 1. The Bertz CT molecular complexity index is 1250. The van der Waals surface area contributed by atoms with E-state index in [1.165, 1.54) is 16.9 Å². The predicted molar refractivity (Wildman–Crippen MR) is 126 cm³/mol. The van der Waals surface area contributed by atoms with E-state index in [9.17, 15) is 9.59 Å². The molecule has 0 unspecified atom stereocenters. The molecule has 0 radical (unpaired) electrons. The van der Waals surface area contributed by atoms with Gasteiger partial charge < -0.3 is 10.2 Å². The quantitative estimate of drug-likeness (QED) is 0.445. The smallest absolute Gasteiger partial charge is 0.266 e. The number of nitrogens with one attached hydrogen (secondary N) is 1. The van der Waals surface area contributed by atoms with Crippen LogP contribution < -0.4 is 10.2 Å². The molecule has 0 saturated carbocycles. The molecule has 1 aromatic heterocycles. The molecule has 0 atom stereocenters. The van der Waals surface area contributed by atoms with Crippen molar-refractivity contribution in [3.8, 4) is 11.1 Å². The minimum atomic E-state index is -0.151. The van der Waals surface area contributed by atoms with Gasteiger partial charge in [0.05, 0.1) is 4.88 Å².